The fourth-order valence-corrected chi connectivity index (χ4v) is 16.2. The topological polar surface area (TPSA) is 85.1 Å². The standard InChI is InChI=1S/C50H67N3O4/c1-3-9-42-48-27-36-18-22-49(48,50(42)39-13-6-10-35(12-8-23-51)44(39)45(54)57-50)43(56-46(48)55)17-16-40(37-11-7-21-47(26-37)19-4-5-20-47)52-28-33-25-34(29-52)31-53(30-33)41-15-14-32(2)24-38(36)41/h6,10,13,15,17,27,32-34,37-38,40,42H,3-5,7-9,11-12,14,16,18-26,28-31,51H2,1-2H3/b43-17-/t32-,33-,34+,37-,38-,40+,42+,48+,49-,50-/m1/s1. The molecule has 7 heteroatoms. The number of hydrogen-bond donors (Lipinski definition) is 1. The van der Waals surface area contributed by atoms with Crippen molar-refractivity contribution in [1.82, 2.24) is 9.80 Å². The number of hydrogen-bond acceptors (Lipinski definition) is 7. The molecule has 0 amide bonds. The summed E-state index contributed by atoms with van der Waals surface area (Å²) in [6, 6.07) is 6.82. The van der Waals surface area contributed by atoms with Crippen LogP contribution in [-0.4, -0.2) is 60.5 Å². The Balaban J connectivity index is 1.11. The molecule has 57 heavy (non-hydrogen) atoms. The number of carbonyl (C=O) groups is 2. The van der Waals surface area contributed by atoms with Crippen LogP contribution in [0.1, 0.15) is 144 Å². The SMILES string of the molecule is CCC[C@@H]1[C@@]2(OC(=O)c3c(CCCN)cccc32)[C@@]23CCC4=C[C@@]12C(=O)O/C3=C\C[C@@H]([C@@H]1CCCC2(CCCC2)C1)N1C[C@@H]2C[C@@H](CN(C2)C2=CC[C@@H](C)C[C@H]42)C1. The number of benzene rings is 1. The lowest BCUT2D eigenvalue weighted by molar-refractivity contribution is -0.271. The number of carbonyl (C=O) groups excluding carboxylic acids is 2. The number of piperidine rings is 2. The van der Waals surface area contributed by atoms with E-state index in [2.05, 4.69) is 60.1 Å². The van der Waals surface area contributed by atoms with Crippen LogP contribution < -0.4 is 5.73 Å². The van der Waals surface area contributed by atoms with Crippen LogP contribution in [0.15, 0.2) is 53.5 Å². The van der Waals surface area contributed by atoms with E-state index in [0.717, 1.165) is 93.3 Å². The summed E-state index contributed by atoms with van der Waals surface area (Å²) in [4.78, 5) is 35.5. The highest BCUT2D eigenvalue weighted by atomic mass is 16.6. The van der Waals surface area contributed by atoms with E-state index in [4.69, 9.17) is 15.2 Å². The average Bonchev–Trinajstić information content (AvgIpc) is 3.86. The van der Waals surface area contributed by atoms with E-state index in [1.165, 1.54) is 76.5 Å². The zero-order valence-corrected chi connectivity index (χ0v) is 34.9. The highest BCUT2D eigenvalue weighted by molar-refractivity contribution is 5.99. The average molecular weight is 774 g/mol. The number of fused-ring (bicyclic) bond motifs is 2. The van der Waals surface area contributed by atoms with E-state index in [1.54, 1.807) is 5.70 Å². The molecule has 0 radical (unpaired) electrons. The van der Waals surface area contributed by atoms with Crippen LogP contribution >= 0.6 is 0 Å². The molecule has 2 N–H and O–H groups in total. The molecule has 1 unspecified atom stereocenters. The van der Waals surface area contributed by atoms with Crippen LogP contribution in [0.2, 0.25) is 0 Å². The number of aryl methyl sites for hydroxylation is 1. The van der Waals surface area contributed by atoms with E-state index in [-0.39, 0.29) is 17.9 Å². The first kappa shape index (κ1) is 37.1. The molecule has 8 heterocycles. The molecule has 6 fully saturated rings. The van der Waals surface area contributed by atoms with Gasteiger partial charge in [0, 0.05) is 55.3 Å². The summed E-state index contributed by atoms with van der Waals surface area (Å²) in [6.45, 7) is 9.90. The smallest absolute Gasteiger partial charge is 0.339 e. The van der Waals surface area contributed by atoms with E-state index >= 15 is 4.79 Å². The van der Waals surface area contributed by atoms with Gasteiger partial charge in [-0.2, -0.15) is 0 Å². The van der Waals surface area contributed by atoms with Gasteiger partial charge < -0.3 is 20.1 Å². The van der Waals surface area contributed by atoms with Crippen molar-refractivity contribution in [3.63, 3.8) is 0 Å². The maximum absolute atomic E-state index is 15.3. The van der Waals surface area contributed by atoms with E-state index in [1.807, 2.05) is 0 Å². The molecule has 3 spiro atoms. The van der Waals surface area contributed by atoms with Gasteiger partial charge in [0.25, 0.3) is 0 Å². The highest BCUT2D eigenvalue weighted by Gasteiger charge is 2.91. The first-order valence-corrected chi connectivity index (χ1v) is 23.6. The molecule has 1 aromatic rings. The Kier molecular flexibility index (Phi) is 8.83. The predicted octanol–water partition coefficient (Wildman–Crippen LogP) is 9.21. The van der Waals surface area contributed by atoms with Crippen LogP contribution in [0.25, 0.3) is 0 Å². The zero-order valence-electron chi connectivity index (χ0n) is 34.9. The molecule has 11 atom stereocenters. The summed E-state index contributed by atoms with van der Waals surface area (Å²) < 4.78 is 13.9. The molecule has 0 aromatic heterocycles. The minimum absolute atomic E-state index is 0.0959. The number of rotatable bonds is 6. The second-order valence-electron chi connectivity index (χ2n) is 21.1. The molecule has 14 rings (SSSR count). The van der Waals surface area contributed by atoms with Gasteiger partial charge in [0.05, 0.1) is 11.0 Å². The van der Waals surface area contributed by atoms with Crippen molar-refractivity contribution in [1.29, 1.82) is 0 Å². The monoisotopic (exact) mass is 774 g/mol. The third-order valence-electron chi connectivity index (χ3n) is 18.1. The van der Waals surface area contributed by atoms with Crippen molar-refractivity contribution in [3.05, 3.63) is 70.1 Å². The number of ether oxygens (including phenoxy) is 2. The van der Waals surface area contributed by atoms with Gasteiger partial charge in [0.1, 0.15) is 11.2 Å². The van der Waals surface area contributed by atoms with E-state index in [0.29, 0.717) is 47.6 Å². The second kappa shape index (κ2) is 13.6. The van der Waals surface area contributed by atoms with Gasteiger partial charge in [-0.1, -0.05) is 75.5 Å². The van der Waals surface area contributed by atoms with Crippen molar-refractivity contribution in [3.8, 4) is 0 Å². The van der Waals surface area contributed by atoms with Crippen LogP contribution in [0.4, 0.5) is 0 Å². The fraction of sp³-hybridized carbons (Fsp3) is 0.720. The molecule has 8 bridgehead atoms. The Bertz CT molecular complexity index is 1910. The Morgan fingerprint density at radius 2 is 1.75 bits per heavy atom. The van der Waals surface area contributed by atoms with Crippen molar-refractivity contribution >= 4 is 11.9 Å². The van der Waals surface area contributed by atoms with Gasteiger partial charge in [-0.05, 0) is 137 Å². The minimum atomic E-state index is -0.934. The molecule has 1 aromatic carbocycles. The summed E-state index contributed by atoms with van der Waals surface area (Å²) in [5.41, 5.74) is 9.74. The third-order valence-corrected chi connectivity index (χ3v) is 18.1. The quantitative estimate of drug-likeness (QED) is 0.228. The lowest BCUT2D eigenvalue weighted by Gasteiger charge is -2.69. The molecule has 8 aliphatic heterocycles. The maximum Gasteiger partial charge on any atom is 0.339 e. The van der Waals surface area contributed by atoms with Gasteiger partial charge in [0.2, 0.25) is 0 Å². The molecule has 306 valence electrons. The Morgan fingerprint density at radius 3 is 2.54 bits per heavy atom. The van der Waals surface area contributed by atoms with Crippen molar-refractivity contribution in [2.24, 2.45) is 57.5 Å². The molecular formula is C50H67N3O4. The van der Waals surface area contributed by atoms with Crippen LogP contribution in [0, 0.1) is 51.8 Å². The first-order valence-electron chi connectivity index (χ1n) is 23.6. The summed E-state index contributed by atoms with van der Waals surface area (Å²) in [5.74, 6) is 3.28. The van der Waals surface area contributed by atoms with E-state index in [9.17, 15) is 4.79 Å². The number of nitrogens with zero attached hydrogens (tertiary/aromatic N) is 2. The van der Waals surface area contributed by atoms with Gasteiger partial charge in [-0.15, -0.1) is 0 Å². The van der Waals surface area contributed by atoms with Crippen LogP contribution in [0.5, 0.6) is 0 Å². The number of esters is 2. The normalized spacial score (nSPS) is 43.3. The molecular weight excluding hydrogens is 707 g/mol. The Labute approximate surface area is 341 Å². The van der Waals surface area contributed by atoms with Gasteiger partial charge in [-0.3, -0.25) is 9.69 Å². The lowest BCUT2D eigenvalue weighted by Crippen LogP contribution is -2.75. The fourth-order valence-electron chi connectivity index (χ4n) is 16.2. The Morgan fingerprint density at radius 1 is 0.947 bits per heavy atom. The summed E-state index contributed by atoms with van der Waals surface area (Å²) >= 11 is 0. The second-order valence-corrected chi connectivity index (χ2v) is 21.1. The molecule has 7 nitrogen and oxygen atoms in total. The van der Waals surface area contributed by atoms with Gasteiger partial charge in [0.15, 0.2) is 5.60 Å². The van der Waals surface area contributed by atoms with Crippen LogP contribution in [0.3, 0.4) is 0 Å². The number of allylic oxidation sites excluding steroid dienone is 2. The van der Waals surface area contributed by atoms with Crippen LogP contribution in [-0.2, 0) is 26.3 Å². The van der Waals surface area contributed by atoms with Gasteiger partial charge >= 0.3 is 11.9 Å². The lowest BCUT2D eigenvalue weighted by atomic mass is 9.31. The summed E-state index contributed by atoms with van der Waals surface area (Å²) in [5, 5.41) is 0. The third kappa shape index (κ3) is 5.09. The van der Waals surface area contributed by atoms with Crippen molar-refractivity contribution in [2.75, 3.05) is 32.7 Å². The summed E-state index contributed by atoms with van der Waals surface area (Å²) in [6.07, 6.45) is 27.9. The molecule has 5 aliphatic carbocycles. The summed E-state index contributed by atoms with van der Waals surface area (Å²) in [7, 11) is 0. The molecule has 3 saturated carbocycles. The molecule has 3 saturated heterocycles. The predicted molar refractivity (Wildman–Crippen MR) is 222 cm³/mol. The van der Waals surface area contributed by atoms with Gasteiger partial charge in [-0.25, -0.2) is 4.79 Å². The molecule has 13 aliphatic rings. The number of nitrogens with two attached hydrogens (primary N) is 1. The Hall–Kier alpha value is -2.90. The minimum Gasteiger partial charge on any atom is -0.449 e. The highest BCUT2D eigenvalue weighted by Crippen LogP contribution is 2.84. The first-order chi connectivity index (χ1) is 27.8. The van der Waals surface area contributed by atoms with Crippen molar-refractivity contribution < 1.29 is 19.1 Å². The maximum atomic E-state index is 15.3. The van der Waals surface area contributed by atoms with Crippen molar-refractivity contribution in [2.45, 2.75) is 141 Å². The van der Waals surface area contributed by atoms with E-state index < -0.39 is 16.4 Å². The largest absolute Gasteiger partial charge is 0.449 e. The zero-order chi connectivity index (χ0) is 38.7.